The fourth-order valence-corrected chi connectivity index (χ4v) is 23.0. The number of thioether (sulfide) groups is 5. The molecule has 8 fully saturated rings. The molecule has 0 amide bonds. The number of rotatable bonds is 0. The third-order valence-electron chi connectivity index (χ3n) is 14.7. The van der Waals surface area contributed by atoms with E-state index in [0.29, 0.717) is 50.0 Å². The lowest BCUT2D eigenvalue weighted by Crippen LogP contribution is -2.18. The highest BCUT2D eigenvalue weighted by atomic mass is 32.2. The molecule has 108 heavy (non-hydrogen) atoms. The van der Waals surface area contributed by atoms with Gasteiger partial charge in [-0.1, -0.05) is 66.8 Å². The van der Waals surface area contributed by atoms with E-state index < -0.39 is 82.5 Å². The Balaban J connectivity index is 0.000000579. The molecule has 8 saturated heterocycles. The minimum atomic E-state index is -3.07. The quantitative estimate of drug-likeness (QED) is 0.168. The molecule has 23 nitrogen and oxygen atoms in total. The molecule has 36 heteroatoms. The molecule has 0 radical (unpaired) electrons. The van der Waals surface area contributed by atoms with E-state index in [1.165, 1.54) is 77.5 Å². The molecule has 0 aromatic heterocycles. The van der Waals surface area contributed by atoms with Gasteiger partial charge in [0.15, 0.2) is 39.3 Å². The zero-order chi connectivity index (χ0) is 78.5. The van der Waals surface area contributed by atoms with Crippen LogP contribution in [0.1, 0.15) is 77.0 Å². The molecule has 16 aliphatic rings. The summed E-state index contributed by atoms with van der Waals surface area (Å²) in [5, 5.41) is 16.3. The van der Waals surface area contributed by atoms with Gasteiger partial charge >= 0.3 is 0 Å². The Morgan fingerprint density at radius 2 is 0.907 bits per heavy atom. The van der Waals surface area contributed by atoms with Gasteiger partial charge < -0.3 is 54.4 Å². The van der Waals surface area contributed by atoms with Crippen LogP contribution in [0.15, 0.2) is 96.2 Å². The Morgan fingerprint density at radius 3 is 1.42 bits per heavy atom. The summed E-state index contributed by atoms with van der Waals surface area (Å²) in [6.07, 6.45) is 40.6. The summed E-state index contributed by atoms with van der Waals surface area (Å²) in [5.41, 5.74) is 0. The third-order valence-corrected chi connectivity index (χ3v) is 32.1. The van der Waals surface area contributed by atoms with Crippen molar-refractivity contribution in [3.63, 3.8) is 0 Å². The fraction of sp³-hybridized carbons (Fsp3) is 0.778. The largest absolute Gasteiger partial charge is 0.501 e. The number of hydrogen-bond acceptors (Lipinski definition) is 28. The average molecular weight is 1770 g/mol. The van der Waals surface area contributed by atoms with E-state index >= 15 is 0 Å². The van der Waals surface area contributed by atoms with Crippen LogP contribution in [-0.2, 0) is 116 Å². The summed E-state index contributed by atoms with van der Waals surface area (Å²) in [5.74, 6) is 18.3. The Hall–Kier alpha value is -0.690. The van der Waals surface area contributed by atoms with E-state index in [9.17, 15) is 50.5 Å². The smallest absolute Gasteiger partial charge is 0.152 e. The van der Waals surface area contributed by atoms with Gasteiger partial charge in [-0.2, -0.15) is 47.0 Å². The molecule has 0 bridgehead atoms. The van der Waals surface area contributed by atoms with Gasteiger partial charge in [0.25, 0.3) is 0 Å². The molecular weight excluding hydrogens is 1640 g/mol. The number of sulfone groups is 4. The molecule has 0 spiro atoms. The number of ether oxygens (including phenoxy) is 7. The molecule has 16 rings (SSSR count). The minimum absolute atomic E-state index is 0.0201. The van der Waals surface area contributed by atoms with Crippen LogP contribution in [0.3, 0.4) is 0 Å². The van der Waals surface area contributed by atoms with Crippen LogP contribution in [0.5, 0.6) is 0 Å². The second-order valence-electron chi connectivity index (χ2n) is 24.4. The number of hydrogen-bond donors (Lipinski definition) is 4. The van der Waals surface area contributed by atoms with E-state index in [1.54, 1.807) is 11.7 Å². The topological polar surface area (TPSA) is 318 Å². The van der Waals surface area contributed by atoms with Gasteiger partial charge in [0.1, 0.15) is 0 Å². The summed E-state index contributed by atoms with van der Waals surface area (Å²) in [6.45, 7) is 17.0. The van der Waals surface area contributed by atoms with Crippen LogP contribution in [0.4, 0.5) is 0 Å². The summed E-state index contributed by atoms with van der Waals surface area (Å²) < 4.78 is 164. The minimum Gasteiger partial charge on any atom is -0.501 e. The Morgan fingerprint density at radius 1 is 0.324 bits per heavy atom. The summed E-state index contributed by atoms with van der Waals surface area (Å²) in [6, 6.07) is 0. The highest BCUT2D eigenvalue weighted by Gasteiger charge is 2.23. The van der Waals surface area contributed by atoms with E-state index in [4.69, 9.17) is 33.2 Å². The van der Waals surface area contributed by atoms with Gasteiger partial charge in [0, 0.05) is 190 Å². The van der Waals surface area contributed by atoms with Crippen molar-refractivity contribution in [3.05, 3.63) is 96.2 Å². The highest BCUT2D eigenvalue weighted by molar-refractivity contribution is 8.03. The van der Waals surface area contributed by atoms with E-state index in [-0.39, 0.29) is 35.2 Å². The Labute approximate surface area is 683 Å². The summed E-state index contributed by atoms with van der Waals surface area (Å²) in [4.78, 5) is 0. The van der Waals surface area contributed by atoms with Crippen molar-refractivity contribution < 1.29 is 83.7 Å². The molecule has 16 heterocycles. The molecule has 3 unspecified atom stereocenters. The van der Waals surface area contributed by atoms with Gasteiger partial charge in [0.2, 0.25) is 0 Å². The normalized spacial score (nSPS) is 25.5. The molecule has 0 aliphatic carbocycles. The fourth-order valence-electron chi connectivity index (χ4n) is 8.84. The first kappa shape index (κ1) is 105. The first-order chi connectivity index (χ1) is 52.4. The van der Waals surface area contributed by atoms with Crippen molar-refractivity contribution in [1.82, 2.24) is 21.3 Å². The predicted molar refractivity (Wildman–Crippen MR) is 469 cm³/mol. The van der Waals surface area contributed by atoms with E-state index in [2.05, 4.69) is 86.7 Å². The van der Waals surface area contributed by atoms with Gasteiger partial charge in [0.05, 0.1) is 105 Å². The van der Waals surface area contributed by atoms with Crippen molar-refractivity contribution in [2.75, 3.05) is 270 Å². The van der Waals surface area contributed by atoms with Crippen molar-refractivity contribution in [3.8, 4) is 0 Å². The second kappa shape index (κ2) is 77.5. The molecule has 4 N–H and O–H groups in total. The van der Waals surface area contributed by atoms with Crippen molar-refractivity contribution >= 4 is 141 Å². The zero-order valence-corrected chi connectivity index (χ0v) is 74.5. The standard InChI is InChI=1S/C5H11NO2S.C5H11NOS.C5H10O4S2.C5H10O3S.C5H10O2S.C5H10O2.C5H10OS.C5H10S2.2C4H7N.2C4H6OS.2C4H6O.2C4H6S/c7-9(8)4-1-2-6-3-5-9;7-8-4-1-2-6-3-5-8;6-10(7)2-1-3-11(8,9)5-4-10;6-9(7)4-1-2-8-3-5-9;6-8-4-1-2-7-3-5-8;1-2-6-4-5-7-3-1;1-2-6-3-5-7-4-1;1-2-6-4-5-7-3-1;2*1-2-4-5-3-1;2*5-6-3-1-2-4-6;4*1-2-4-5-3-1/h6H,1-5H2;6H,1-5H2;1-5H2;1-5H2;1-5H2;3*1-5H2;1,3,5H,2,4H2;1-2,5H,3-4H2;1,3H,2,4H2;1-2H,3-4H2;1,3H,2,4H2;1-2H,3-4H2;1,3H,2,4H2;1-2H,3-4H2. The Bertz CT molecular complexity index is 2570. The van der Waals surface area contributed by atoms with Crippen molar-refractivity contribution in [2.45, 2.75) is 77.0 Å². The van der Waals surface area contributed by atoms with Crippen LogP contribution in [-0.4, -0.2) is 320 Å². The SMILES string of the molecule is C1=CCNC1.C1=CCOC1.C1=CCSC1.C1=CNCC1.C1=COCC1.C1=CSCC1.C1COCCOC1.C1COCCSC1.C1CSCCSC1.O=S1(=O)CCCNCC1.O=S1(=O)CCCOCC1.O=S1(=O)CCCS(=O)(=O)CC1.O=S1C=CCC1.O=S1CC=CC1.O=S1CCCNCC1.O=S1CCCOCC1. The second-order valence-corrected chi connectivity index (χ2v) is 45.7. The lowest BCUT2D eigenvalue weighted by Gasteiger charge is -1.94. The first-order valence-corrected chi connectivity index (χ1v) is 56.5. The lowest BCUT2D eigenvalue weighted by molar-refractivity contribution is 0.103. The lowest BCUT2D eigenvalue weighted by atomic mass is 10.5. The molecule has 16 aliphatic heterocycles. The summed E-state index contributed by atoms with van der Waals surface area (Å²) in [7, 11) is -13.8. The highest BCUT2D eigenvalue weighted by Crippen LogP contribution is 2.15. The van der Waals surface area contributed by atoms with Gasteiger partial charge in [-0.25, -0.2) is 33.7 Å². The maximum absolute atomic E-state index is 10.9. The summed E-state index contributed by atoms with van der Waals surface area (Å²) >= 11 is 10.0. The maximum Gasteiger partial charge on any atom is 0.152 e. The first-order valence-electron chi connectivity index (χ1n) is 37.7. The van der Waals surface area contributed by atoms with Crippen LogP contribution in [0.25, 0.3) is 0 Å². The monoisotopic (exact) mass is 1770 g/mol. The molecule has 0 saturated carbocycles. The molecule has 3 atom stereocenters. The van der Waals surface area contributed by atoms with E-state index in [1.807, 2.05) is 77.9 Å². The van der Waals surface area contributed by atoms with E-state index in [0.717, 1.165) is 184 Å². The van der Waals surface area contributed by atoms with Gasteiger partial charge in [-0.3, -0.25) is 16.8 Å². The molecule has 632 valence electrons. The van der Waals surface area contributed by atoms with Crippen LogP contribution in [0, 0.1) is 0 Å². The van der Waals surface area contributed by atoms with Gasteiger partial charge in [-0.15, -0.1) is 11.8 Å². The molecule has 0 aromatic carbocycles. The third kappa shape index (κ3) is 80.5. The van der Waals surface area contributed by atoms with Crippen molar-refractivity contribution in [1.29, 1.82) is 0 Å². The molecule has 0 aromatic rings. The molecular formula is C72H132N4O19S13. The maximum atomic E-state index is 10.9. The Kier molecular flexibility index (Phi) is 75.6. The van der Waals surface area contributed by atoms with Crippen LogP contribution in [0.2, 0.25) is 0 Å². The average Bonchev–Trinajstić information content (AvgIpc) is 1.75. The van der Waals surface area contributed by atoms with Crippen LogP contribution < -0.4 is 21.3 Å². The number of allylic oxidation sites excluding steroid dienone is 2. The number of nitrogens with one attached hydrogen (secondary N) is 4. The zero-order valence-electron chi connectivity index (χ0n) is 63.9. The van der Waals surface area contributed by atoms with Gasteiger partial charge in [-0.05, 0) is 124 Å². The van der Waals surface area contributed by atoms with Crippen molar-refractivity contribution in [2.24, 2.45) is 0 Å². The predicted octanol–water partition coefficient (Wildman–Crippen LogP) is 7.76. The van der Waals surface area contributed by atoms with Crippen LogP contribution >= 0.6 is 58.8 Å².